The van der Waals surface area contributed by atoms with Crippen LogP contribution in [0.15, 0.2) is 18.2 Å². The molecule has 0 bridgehead atoms. The van der Waals surface area contributed by atoms with Gasteiger partial charge in [-0.2, -0.15) is 0 Å². The van der Waals surface area contributed by atoms with Gasteiger partial charge in [-0.3, -0.25) is 4.79 Å². The molecule has 130 valence electrons. The molecule has 1 aromatic carbocycles. The highest BCUT2D eigenvalue weighted by Crippen LogP contribution is 2.60. The Hall–Kier alpha value is -1.53. The van der Waals surface area contributed by atoms with E-state index in [1.807, 2.05) is 0 Å². The minimum absolute atomic E-state index is 0.0217. The minimum atomic E-state index is -0.703. The van der Waals surface area contributed by atoms with Gasteiger partial charge in [-0.15, -0.1) is 0 Å². The molecule has 1 amide bonds. The number of rotatable bonds is 2. The zero-order valence-corrected chi connectivity index (χ0v) is 13.4. The molecule has 0 radical (unpaired) electrons. The number of amides is 1. The van der Waals surface area contributed by atoms with Crippen LogP contribution in [0.5, 0.6) is 0 Å². The van der Waals surface area contributed by atoms with Crippen LogP contribution >= 0.6 is 0 Å². The number of aliphatic hydroxyl groups excluding tert-OH is 1. The van der Waals surface area contributed by atoms with Crippen molar-refractivity contribution in [3.05, 3.63) is 35.4 Å². The largest absolute Gasteiger partial charge is 0.391 e. The molecule has 24 heavy (non-hydrogen) atoms. The lowest BCUT2D eigenvalue weighted by Gasteiger charge is -2.28. The topological polar surface area (TPSA) is 49.8 Å². The average Bonchev–Trinajstić information content (AvgIpc) is 3.10. The molecular formula is C18H21F2NO3. The van der Waals surface area contributed by atoms with Gasteiger partial charge in [0, 0.05) is 31.2 Å². The molecule has 4 nitrogen and oxygen atoms in total. The molecule has 3 fully saturated rings. The number of hydrogen-bond acceptors (Lipinski definition) is 3. The molecule has 1 N–H and O–H groups in total. The van der Waals surface area contributed by atoms with Crippen molar-refractivity contribution in [2.45, 2.75) is 37.8 Å². The van der Waals surface area contributed by atoms with Gasteiger partial charge >= 0.3 is 0 Å². The summed E-state index contributed by atoms with van der Waals surface area (Å²) in [6.45, 7) is 1.53. The summed E-state index contributed by atoms with van der Waals surface area (Å²) in [6.07, 6.45) is 2.12. The lowest BCUT2D eigenvalue weighted by Crippen LogP contribution is -2.35. The number of hydrogen-bond donors (Lipinski definition) is 1. The van der Waals surface area contributed by atoms with Crippen LogP contribution in [0.2, 0.25) is 0 Å². The second-order valence-corrected chi connectivity index (χ2v) is 7.29. The molecule has 1 aliphatic carbocycles. The first kappa shape index (κ1) is 16.0. The van der Waals surface area contributed by atoms with Gasteiger partial charge in [-0.1, -0.05) is 0 Å². The molecule has 1 spiro atoms. The van der Waals surface area contributed by atoms with Crippen LogP contribution in [0.3, 0.4) is 0 Å². The van der Waals surface area contributed by atoms with Gasteiger partial charge in [-0.25, -0.2) is 8.78 Å². The molecule has 2 heterocycles. The number of carbonyl (C=O) groups excluding carboxylic acids is 1. The molecule has 3 unspecified atom stereocenters. The molecular weight excluding hydrogens is 316 g/mol. The molecule has 2 aliphatic heterocycles. The predicted octanol–water partition coefficient (Wildman–Crippen LogP) is 2.42. The Labute approximate surface area is 139 Å². The number of β-amino-alcohol motifs (C(OH)–C–C–N with tert-alkyl or cyclic N) is 1. The molecule has 4 rings (SSSR count). The van der Waals surface area contributed by atoms with Gasteiger partial charge in [0.25, 0.3) is 0 Å². The van der Waals surface area contributed by atoms with E-state index in [0.29, 0.717) is 13.2 Å². The second-order valence-electron chi connectivity index (χ2n) is 7.29. The maximum absolute atomic E-state index is 14.1. The quantitative estimate of drug-likeness (QED) is 0.902. The van der Waals surface area contributed by atoms with Crippen molar-refractivity contribution >= 4 is 5.91 Å². The highest BCUT2D eigenvalue weighted by atomic mass is 19.1. The normalized spacial score (nSPS) is 31.5. The third kappa shape index (κ3) is 2.62. The van der Waals surface area contributed by atoms with Crippen molar-refractivity contribution < 1.29 is 23.4 Å². The van der Waals surface area contributed by atoms with E-state index in [4.69, 9.17) is 4.74 Å². The first-order valence-electron chi connectivity index (χ1n) is 8.51. The van der Waals surface area contributed by atoms with Crippen molar-refractivity contribution in [3.8, 4) is 0 Å². The van der Waals surface area contributed by atoms with Gasteiger partial charge in [0.1, 0.15) is 11.6 Å². The van der Waals surface area contributed by atoms with E-state index in [1.54, 1.807) is 4.90 Å². The zero-order chi connectivity index (χ0) is 16.9. The number of halogens is 2. The Kier molecular flexibility index (Phi) is 3.84. The Balaban J connectivity index is 1.57. The monoisotopic (exact) mass is 337 g/mol. The zero-order valence-electron chi connectivity index (χ0n) is 13.4. The van der Waals surface area contributed by atoms with Gasteiger partial charge < -0.3 is 14.7 Å². The van der Waals surface area contributed by atoms with Gasteiger partial charge in [0.05, 0.1) is 12.1 Å². The third-order valence-electron chi connectivity index (χ3n) is 5.86. The fourth-order valence-electron chi connectivity index (χ4n) is 4.35. The van der Waals surface area contributed by atoms with Gasteiger partial charge in [0.2, 0.25) is 5.91 Å². The second kappa shape index (κ2) is 5.77. The Morgan fingerprint density at radius 1 is 1.29 bits per heavy atom. The lowest BCUT2D eigenvalue weighted by atomic mass is 9.93. The van der Waals surface area contributed by atoms with E-state index in [9.17, 15) is 18.7 Å². The number of ether oxygens (including phenoxy) is 1. The standard InChI is InChI=1S/C18H21F2NO3/c19-11-1-2-15(20)13(7-11)16-8-12(22)10-21(16)17(23)14-9-18(14)3-5-24-6-4-18/h1-2,7,12,14,16,22H,3-6,8-10H2. The molecule has 0 aromatic heterocycles. The Morgan fingerprint density at radius 2 is 2.04 bits per heavy atom. The molecule has 1 aromatic rings. The van der Waals surface area contributed by atoms with E-state index in [0.717, 1.165) is 37.5 Å². The van der Waals surface area contributed by atoms with Crippen LogP contribution in [0.1, 0.15) is 37.3 Å². The summed E-state index contributed by atoms with van der Waals surface area (Å²) < 4.78 is 33.1. The molecule has 2 saturated heterocycles. The van der Waals surface area contributed by atoms with Crippen molar-refractivity contribution in [1.29, 1.82) is 0 Å². The van der Waals surface area contributed by atoms with Crippen molar-refractivity contribution in [2.75, 3.05) is 19.8 Å². The highest BCUT2D eigenvalue weighted by molar-refractivity contribution is 5.83. The average molecular weight is 337 g/mol. The van der Waals surface area contributed by atoms with Crippen LogP contribution in [0.25, 0.3) is 0 Å². The Morgan fingerprint density at radius 3 is 2.79 bits per heavy atom. The van der Waals surface area contributed by atoms with Gasteiger partial charge in [-0.05, 0) is 49.3 Å². The third-order valence-corrected chi connectivity index (χ3v) is 5.86. The van der Waals surface area contributed by atoms with E-state index in [1.165, 1.54) is 0 Å². The summed E-state index contributed by atoms with van der Waals surface area (Å²) in [4.78, 5) is 14.5. The van der Waals surface area contributed by atoms with E-state index < -0.39 is 23.8 Å². The highest BCUT2D eigenvalue weighted by Gasteiger charge is 2.60. The number of nitrogens with zero attached hydrogens (tertiary/aromatic N) is 1. The molecule has 3 atom stereocenters. The fourth-order valence-corrected chi connectivity index (χ4v) is 4.35. The molecule has 1 saturated carbocycles. The van der Waals surface area contributed by atoms with Crippen molar-refractivity contribution in [3.63, 3.8) is 0 Å². The minimum Gasteiger partial charge on any atom is -0.391 e. The number of likely N-dealkylation sites (tertiary alicyclic amines) is 1. The van der Waals surface area contributed by atoms with Crippen LogP contribution in [0, 0.1) is 23.0 Å². The maximum atomic E-state index is 14.1. The van der Waals surface area contributed by atoms with E-state index >= 15 is 0 Å². The Bertz CT molecular complexity index is 660. The predicted molar refractivity (Wildman–Crippen MR) is 82.0 cm³/mol. The van der Waals surface area contributed by atoms with Crippen LogP contribution in [-0.4, -0.2) is 41.8 Å². The van der Waals surface area contributed by atoms with Crippen molar-refractivity contribution in [1.82, 2.24) is 4.90 Å². The summed E-state index contributed by atoms with van der Waals surface area (Å²) in [5.41, 5.74) is 0.176. The van der Waals surface area contributed by atoms with Crippen LogP contribution in [0.4, 0.5) is 8.78 Å². The first-order chi connectivity index (χ1) is 11.5. The molecule has 3 aliphatic rings. The van der Waals surface area contributed by atoms with E-state index in [2.05, 4.69) is 0 Å². The number of benzene rings is 1. The first-order valence-corrected chi connectivity index (χ1v) is 8.51. The lowest BCUT2D eigenvalue weighted by molar-refractivity contribution is -0.135. The summed E-state index contributed by atoms with van der Waals surface area (Å²) in [5, 5.41) is 10.0. The fraction of sp³-hybridized carbons (Fsp3) is 0.611. The molecule has 6 heteroatoms. The maximum Gasteiger partial charge on any atom is 0.226 e. The SMILES string of the molecule is O=C(C1CC12CCOCC2)N1CC(O)CC1c1cc(F)ccc1F. The van der Waals surface area contributed by atoms with Crippen LogP contribution < -0.4 is 0 Å². The summed E-state index contributed by atoms with van der Waals surface area (Å²) in [6, 6.07) is 2.68. The summed E-state index contributed by atoms with van der Waals surface area (Å²) in [5.74, 6) is -1.19. The van der Waals surface area contributed by atoms with Crippen LogP contribution in [-0.2, 0) is 9.53 Å². The van der Waals surface area contributed by atoms with E-state index in [-0.39, 0.29) is 35.8 Å². The number of aliphatic hydroxyl groups is 1. The smallest absolute Gasteiger partial charge is 0.226 e. The van der Waals surface area contributed by atoms with Crippen molar-refractivity contribution in [2.24, 2.45) is 11.3 Å². The number of carbonyl (C=O) groups is 1. The summed E-state index contributed by atoms with van der Waals surface area (Å²) in [7, 11) is 0. The van der Waals surface area contributed by atoms with Gasteiger partial charge in [0.15, 0.2) is 0 Å². The summed E-state index contributed by atoms with van der Waals surface area (Å²) >= 11 is 0.